The predicted octanol–water partition coefficient (Wildman–Crippen LogP) is 0.557. The van der Waals surface area contributed by atoms with E-state index in [1.54, 1.807) is 7.11 Å². The van der Waals surface area contributed by atoms with E-state index in [-0.39, 0.29) is 12.6 Å². The average molecular weight is 181 g/mol. The van der Waals surface area contributed by atoms with Crippen molar-refractivity contribution in [3.63, 3.8) is 0 Å². The maximum atomic E-state index is 8.79. The van der Waals surface area contributed by atoms with Crippen LogP contribution in [-0.4, -0.2) is 24.9 Å². The summed E-state index contributed by atoms with van der Waals surface area (Å²) in [6.45, 7) is -0.00194. The van der Waals surface area contributed by atoms with E-state index in [0.717, 1.165) is 11.3 Å². The molecule has 0 amide bonds. The molecule has 1 aromatic rings. The van der Waals surface area contributed by atoms with Crippen LogP contribution in [0.5, 0.6) is 5.75 Å². The molecule has 0 fully saturated rings. The Kier molecular flexibility index (Phi) is 3.73. The lowest BCUT2D eigenvalue weighted by molar-refractivity contribution is 0.264. The highest BCUT2D eigenvalue weighted by Gasteiger charge is 2.06. The number of hydrogen-bond acceptors (Lipinski definition) is 3. The molecule has 1 aromatic carbocycles. The van der Waals surface area contributed by atoms with Crippen molar-refractivity contribution in [2.24, 2.45) is 5.73 Å². The molecule has 0 bridgehead atoms. The van der Waals surface area contributed by atoms with Crippen LogP contribution in [0.2, 0.25) is 0 Å². The molecule has 3 heteroatoms. The van der Waals surface area contributed by atoms with Gasteiger partial charge >= 0.3 is 0 Å². The zero-order chi connectivity index (χ0) is 9.68. The Morgan fingerprint density at radius 2 is 2.15 bits per heavy atom. The molecule has 0 aliphatic heterocycles. The van der Waals surface area contributed by atoms with E-state index in [1.807, 2.05) is 24.3 Å². The van der Waals surface area contributed by atoms with E-state index in [4.69, 9.17) is 15.6 Å². The van der Waals surface area contributed by atoms with Crippen molar-refractivity contribution in [3.8, 4) is 5.75 Å². The highest BCUT2D eigenvalue weighted by atomic mass is 16.5. The van der Waals surface area contributed by atoms with Crippen molar-refractivity contribution >= 4 is 0 Å². The minimum absolute atomic E-state index is 0.00194. The maximum Gasteiger partial charge on any atom is 0.122 e. The summed E-state index contributed by atoms with van der Waals surface area (Å²) < 4.78 is 5.15. The standard InChI is InChI=1S/C10H15NO2/c1-13-10-5-3-2-4-8(10)6-9(11)7-12/h2-5,9,12H,6-7,11H2,1H3/t9-/m1/s1. The molecule has 0 aromatic heterocycles. The number of para-hydroxylation sites is 1. The Balaban J connectivity index is 2.74. The van der Waals surface area contributed by atoms with Crippen molar-refractivity contribution < 1.29 is 9.84 Å². The Bertz CT molecular complexity index is 263. The van der Waals surface area contributed by atoms with Gasteiger partial charge in [0.25, 0.3) is 0 Å². The third-order valence-electron chi connectivity index (χ3n) is 1.91. The number of rotatable bonds is 4. The number of ether oxygens (including phenoxy) is 1. The first kappa shape index (κ1) is 10.0. The number of nitrogens with two attached hydrogens (primary N) is 1. The van der Waals surface area contributed by atoms with E-state index in [1.165, 1.54) is 0 Å². The molecule has 0 spiro atoms. The van der Waals surface area contributed by atoms with Crippen molar-refractivity contribution in [1.29, 1.82) is 0 Å². The third-order valence-corrected chi connectivity index (χ3v) is 1.91. The van der Waals surface area contributed by atoms with Gasteiger partial charge in [-0.15, -0.1) is 0 Å². The molecule has 13 heavy (non-hydrogen) atoms. The molecule has 1 rings (SSSR count). The van der Waals surface area contributed by atoms with Gasteiger partial charge in [-0.25, -0.2) is 0 Å². The molecule has 0 unspecified atom stereocenters. The molecule has 1 atom stereocenters. The molecule has 0 saturated heterocycles. The van der Waals surface area contributed by atoms with Gasteiger partial charge in [-0.3, -0.25) is 0 Å². The van der Waals surface area contributed by atoms with Crippen molar-refractivity contribution in [2.45, 2.75) is 12.5 Å². The summed E-state index contributed by atoms with van der Waals surface area (Å²) in [4.78, 5) is 0. The molecular formula is C10H15NO2. The van der Waals surface area contributed by atoms with Crippen LogP contribution in [0.4, 0.5) is 0 Å². The van der Waals surface area contributed by atoms with Crippen LogP contribution < -0.4 is 10.5 Å². The molecule has 3 N–H and O–H groups in total. The topological polar surface area (TPSA) is 55.5 Å². The summed E-state index contributed by atoms with van der Waals surface area (Å²) in [5, 5.41) is 8.79. The molecule has 3 nitrogen and oxygen atoms in total. The van der Waals surface area contributed by atoms with Crippen LogP contribution >= 0.6 is 0 Å². The molecule has 0 radical (unpaired) electrons. The molecule has 0 aliphatic rings. The Morgan fingerprint density at radius 1 is 1.46 bits per heavy atom. The first-order chi connectivity index (χ1) is 6.27. The second kappa shape index (κ2) is 4.84. The van der Waals surface area contributed by atoms with Crippen LogP contribution in [0.1, 0.15) is 5.56 Å². The van der Waals surface area contributed by atoms with Gasteiger partial charge in [-0.1, -0.05) is 18.2 Å². The lowest BCUT2D eigenvalue weighted by Crippen LogP contribution is -2.26. The van der Waals surface area contributed by atoms with Gasteiger partial charge in [0.1, 0.15) is 5.75 Å². The predicted molar refractivity (Wildman–Crippen MR) is 51.8 cm³/mol. The highest BCUT2D eigenvalue weighted by Crippen LogP contribution is 2.18. The van der Waals surface area contributed by atoms with E-state index < -0.39 is 0 Å². The second-order valence-corrected chi connectivity index (χ2v) is 2.96. The van der Waals surface area contributed by atoms with Crippen molar-refractivity contribution in [1.82, 2.24) is 0 Å². The molecular weight excluding hydrogens is 166 g/mol. The monoisotopic (exact) mass is 181 g/mol. The summed E-state index contributed by atoms with van der Waals surface area (Å²) in [6, 6.07) is 7.47. The van der Waals surface area contributed by atoms with E-state index in [9.17, 15) is 0 Å². The van der Waals surface area contributed by atoms with Gasteiger partial charge in [0.2, 0.25) is 0 Å². The highest BCUT2D eigenvalue weighted by molar-refractivity contribution is 5.33. The first-order valence-electron chi connectivity index (χ1n) is 4.26. The molecule has 72 valence electrons. The van der Waals surface area contributed by atoms with Crippen molar-refractivity contribution in [3.05, 3.63) is 29.8 Å². The van der Waals surface area contributed by atoms with Crippen LogP contribution in [-0.2, 0) is 6.42 Å². The van der Waals surface area contributed by atoms with E-state index in [0.29, 0.717) is 6.42 Å². The van der Waals surface area contributed by atoms with Gasteiger partial charge in [0.15, 0.2) is 0 Å². The lowest BCUT2D eigenvalue weighted by atomic mass is 10.1. The van der Waals surface area contributed by atoms with Gasteiger partial charge in [-0.2, -0.15) is 0 Å². The normalized spacial score (nSPS) is 12.5. The fourth-order valence-electron chi connectivity index (χ4n) is 1.22. The zero-order valence-electron chi connectivity index (χ0n) is 7.73. The Hall–Kier alpha value is -1.06. The quantitative estimate of drug-likeness (QED) is 0.713. The fourth-order valence-corrected chi connectivity index (χ4v) is 1.22. The number of methoxy groups -OCH3 is 1. The fraction of sp³-hybridized carbons (Fsp3) is 0.400. The summed E-state index contributed by atoms with van der Waals surface area (Å²) in [7, 11) is 1.63. The van der Waals surface area contributed by atoms with Crippen LogP contribution in [0, 0.1) is 0 Å². The first-order valence-corrected chi connectivity index (χ1v) is 4.26. The molecule has 0 aliphatic carbocycles. The van der Waals surface area contributed by atoms with Crippen LogP contribution in [0.15, 0.2) is 24.3 Å². The van der Waals surface area contributed by atoms with Gasteiger partial charge < -0.3 is 15.6 Å². The van der Waals surface area contributed by atoms with Gasteiger partial charge in [0.05, 0.1) is 13.7 Å². The van der Waals surface area contributed by atoms with E-state index >= 15 is 0 Å². The Morgan fingerprint density at radius 3 is 2.77 bits per heavy atom. The van der Waals surface area contributed by atoms with Gasteiger partial charge in [0, 0.05) is 6.04 Å². The minimum atomic E-state index is -0.212. The van der Waals surface area contributed by atoms with Crippen LogP contribution in [0.25, 0.3) is 0 Å². The molecule has 0 saturated carbocycles. The number of aliphatic hydroxyl groups excluding tert-OH is 1. The number of aliphatic hydroxyl groups is 1. The smallest absolute Gasteiger partial charge is 0.122 e. The van der Waals surface area contributed by atoms with E-state index in [2.05, 4.69) is 0 Å². The largest absolute Gasteiger partial charge is 0.496 e. The zero-order valence-corrected chi connectivity index (χ0v) is 7.73. The van der Waals surface area contributed by atoms with Crippen LogP contribution in [0.3, 0.4) is 0 Å². The van der Waals surface area contributed by atoms with Crippen molar-refractivity contribution in [2.75, 3.05) is 13.7 Å². The SMILES string of the molecule is COc1ccccc1C[C@@H](N)CO. The number of hydrogen-bond donors (Lipinski definition) is 2. The Labute approximate surface area is 78.1 Å². The summed E-state index contributed by atoms with van der Waals surface area (Å²) in [5.41, 5.74) is 6.66. The van der Waals surface area contributed by atoms with Gasteiger partial charge in [-0.05, 0) is 18.1 Å². The third kappa shape index (κ3) is 2.72. The maximum absolute atomic E-state index is 8.79. The average Bonchev–Trinajstić information content (AvgIpc) is 2.18. The summed E-state index contributed by atoms with van der Waals surface area (Å²) in [6.07, 6.45) is 0.639. The number of benzene rings is 1. The second-order valence-electron chi connectivity index (χ2n) is 2.96. The molecule has 0 heterocycles. The lowest BCUT2D eigenvalue weighted by Gasteiger charge is -2.11. The minimum Gasteiger partial charge on any atom is -0.496 e. The summed E-state index contributed by atoms with van der Waals surface area (Å²) in [5.74, 6) is 0.825. The summed E-state index contributed by atoms with van der Waals surface area (Å²) >= 11 is 0.